The largest absolute Gasteiger partial charge is 0.784 e. The predicted molar refractivity (Wildman–Crippen MR) is 113 cm³/mol. The summed E-state index contributed by atoms with van der Waals surface area (Å²) < 4.78 is 28.0. The lowest BCUT2D eigenvalue weighted by atomic mass is 10.2. The second kappa shape index (κ2) is 19.7. The van der Waals surface area contributed by atoms with E-state index < -0.39 is 11.4 Å². The van der Waals surface area contributed by atoms with Gasteiger partial charge in [-0.1, -0.05) is 26.7 Å². The molecule has 162 valence electrons. The first kappa shape index (κ1) is 30.7. The molecule has 0 rings (SSSR count). The summed E-state index contributed by atoms with van der Waals surface area (Å²) >= 11 is -3.11. The molecule has 0 aromatic rings. The van der Waals surface area contributed by atoms with E-state index in [4.69, 9.17) is 13.3 Å². The predicted octanol–water partition coefficient (Wildman–Crippen LogP) is 4.32. The lowest BCUT2D eigenvalue weighted by Gasteiger charge is -2.35. The third-order valence-corrected chi connectivity index (χ3v) is 6.00. The van der Waals surface area contributed by atoms with Gasteiger partial charge in [0.25, 0.3) is 0 Å². The first-order valence-electron chi connectivity index (χ1n) is 10.7. The Morgan fingerprint density at radius 2 is 0.769 bits per heavy atom. The van der Waals surface area contributed by atoms with Crippen LogP contribution in [0.15, 0.2) is 0 Å². The maximum Gasteiger partial charge on any atom is 0.0786 e. The van der Waals surface area contributed by atoms with Crippen molar-refractivity contribution in [2.24, 2.45) is 0 Å². The van der Waals surface area contributed by atoms with Gasteiger partial charge >= 0.3 is 0 Å². The Morgan fingerprint density at radius 3 is 0.885 bits per heavy atom. The summed E-state index contributed by atoms with van der Waals surface area (Å²) in [5.41, 5.74) is 0. The van der Waals surface area contributed by atoms with Gasteiger partial charge in [-0.3, -0.25) is 4.21 Å². The van der Waals surface area contributed by atoms with Gasteiger partial charge in [-0.2, -0.15) is 0 Å². The molecule has 0 aromatic carbocycles. The van der Waals surface area contributed by atoms with Crippen LogP contribution in [0.3, 0.4) is 0 Å². The van der Waals surface area contributed by atoms with Crippen LogP contribution in [0.5, 0.6) is 0 Å². The van der Waals surface area contributed by atoms with Gasteiger partial charge in [0.15, 0.2) is 0 Å². The number of hydrogen-bond acceptors (Lipinski definition) is 3. The van der Waals surface area contributed by atoms with E-state index in [0.29, 0.717) is 0 Å². The molecule has 0 atom stereocenters. The highest BCUT2D eigenvalue weighted by Gasteiger charge is 2.19. The van der Waals surface area contributed by atoms with Crippen molar-refractivity contribution in [2.45, 2.75) is 81.1 Å². The molecule has 6 heteroatoms. The summed E-state index contributed by atoms with van der Waals surface area (Å²) in [6.45, 7) is 28.9. The molecular formula is C20H48N2O3S. The Labute approximate surface area is 167 Å². The van der Waals surface area contributed by atoms with Crippen molar-refractivity contribution >= 4 is 11.4 Å². The Bertz CT molecular complexity index is 263. The quantitative estimate of drug-likeness (QED) is 0.364. The van der Waals surface area contributed by atoms with Crippen LogP contribution in [0.25, 0.3) is 0 Å². The van der Waals surface area contributed by atoms with Gasteiger partial charge in [0, 0.05) is 0 Å². The van der Waals surface area contributed by atoms with Gasteiger partial charge in [0.2, 0.25) is 0 Å². The normalized spacial score (nSPS) is 11.5. The SMILES string of the molecule is CCCC[N+](CC)(CC)CC.CCCC[N+](CC)(CC)CC.O=S([O-])[O-]. The number of rotatable bonds is 12. The van der Waals surface area contributed by atoms with Crippen LogP contribution >= 0.6 is 0 Å². The molecule has 0 aromatic heterocycles. The van der Waals surface area contributed by atoms with Crippen LogP contribution in [0, 0.1) is 0 Å². The van der Waals surface area contributed by atoms with E-state index in [9.17, 15) is 0 Å². The molecule has 0 heterocycles. The summed E-state index contributed by atoms with van der Waals surface area (Å²) in [4.78, 5) is 0. The second-order valence-electron chi connectivity index (χ2n) is 6.94. The number of hydrogen-bond donors (Lipinski definition) is 0. The van der Waals surface area contributed by atoms with E-state index >= 15 is 0 Å². The average molecular weight is 397 g/mol. The van der Waals surface area contributed by atoms with Gasteiger partial charge in [-0.05, 0) is 54.4 Å². The number of nitrogens with zero attached hydrogens (tertiary/aromatic N) is 2. The average Bonchev–Trinajstić information content (AvgIpc) is 2.65. The van der Waals surface area contributed by atoms with Gasteiger partial charge in [-0.25, -0.2) is 0 Å². The van der Waals surface area contributed by atoms with E-state index in [2.05, 4.69) is 55.4 Å². The molecular weight excluding hydrogens is 348 g/mol. The Kier molecular flexibility index (Phi) is 23.3. The molecule has 0 bridgehead atoms. The van der Waals surface area contributed by atoms with E-state index in [1.165, 1.54) is 87.0 Å². The third-order valence-electron chi connectivity index (χ3n) is 6.00. The Balaban J connectivity index is -0.000000338. The van der Waals surface area contributed by atoms with E-state index in [1.54, 1.807) is 0 Å². The van der Waals surface area contributed by atoms with Gasteiger partial charge in [0.1, 0.15) is 0 Å². The lowest BCUT2D eigenvalue weighted by molar-refractivity contribution is -0.923. The van der Waals surface area contributed by atoms with E-state index in [1.807, 2.05) is 0 Å². The van der Waals surface area contributed by atoms with Gasteiger partial charge in [0.05, 0.1) is 52.4 Å². The molecule has 0 N–H and O–H groups in total. The molecule has 0 aliphatic rings. The van der Waals surface area contributed by atoms with Crippen LogP contribution in [0.1, 0.15) is 81.1 Å². The zero-order chi connectivity index (χ0) is 21.1. The van der Waals surface area contributed by atoms with Crippen molar-refractivity contribution in [2.75, 3.05) is 52.4 Å². The molecule has 26 heavy (non-hydrogen) atoms. The summed E-state index contributed by atoms with van der Waals surface area (Å²) in [7, 11) is 0. The first-order chi connectivity index (χ1) is 12.2. The summed E-state index contributed by atoms with van der Waals surface area (Å²) in [5, 5.41) is 0. The lowest BCUT2D eigenvalue weighted by Crippen LogP contribution is -2.48. The van der Waals surface area contributed by atoms with Crippen molar-refractivity contribution < 1.29 is 22.3 Å². The minimum atomic E-state index is -3.11. The highest BCUT2D eigenvalue weighted by molar-refractivity contribution is 7.72. The van der Waals surface area contributed by atoms with Crippen molar-refractivity contribution in [3.8, 4) is 0 Å². The maximum atomic E-state index is 8.44. The van der Waals surface area contributed by atoms with E-state index in [0.717, 1.165) is 0 Å². The van der Waals surface area contributed by atoms with Crippen LogP contribution in [-0.2, 0) is 11.4 Å². The molecule has 0 fully saturated rings. The van der Waals surface area contributed by atoms with Gasteiger partial charge < -0.3 is 18.1 Å². The first-order valence-corrected chi connectivity index (χ1v) is 11.7. The topological polar surface area (TPSA) is 63.2 Å². The maximum absolute atomic E-state index is 8.44. The van der Waals surface area contributed by atoms with Crippen molar-refractivity contribution in [3.63, 3.8) is 0 Å². The highest BCUT2D eigenvalue weighted by Crippen LogP contribution is 2.08. The zero-order valence-electron chi connectivity index (χ0n) is 19.0. The van der Waals surface area contributed by atoms with Crippen molar-refractivity contribution in [3.05, 3.63) is 0 Å². The second-order valence-corrected chi connectivity index (χ2v) is 7.35. The smallest absolute Gasteiger partial charge is 0.0786 e. The van der Waals surface area contributed by atoms with Crippen LogP contribution in [0.4, 0.5) is 0 Å². The summed E-state index contributed by atoms with van der Waals surface area (Å²) in [6, 6.07) is 0. The number of unbranched alkanes of at least 4 members (excludes halogenated alkanes) is 2. The Morgan fingerprint density at radius 1 is 0.577 bits per heavy atom. The molecule has 0 unspecified atom stereocenters. The molecule has 0 aliphatic heterocycles. The summed E-state index contributed by atoms with van der Waals surface area (Å²) in [5.74, 6) is 0. The fourth-order valence-corrected chi connectivity index (χ4v) is 3.28. The number of quaternary nitrogens is 2. The minimum absolute atomic E-state index is 1.30. The molecule has 5 nitrogen and oxygen atoms in total. The fourth-order valence-electron chi connectivity index (χ4n) is 3.28. The molecule has 0 amide bonds. The summed E-state index contributed by atoms with van der Waals surface area (Å²) in [6.07, 6.45) is 5.44. The molecule has 0 spiro atoms. The monoisotopic (exact) mass is 396 g/mol. The van der Waals surface area contributed by atoms with Crippen molar-refractivity contribution in [1.29, 1.82) is 0 Å². The van der Waals surface area contributed by atoms with Crippen LogP contribution < -0.4 is 0 Å². The van der Waals surface area contributed by atoms with Crippen molar-refractivity contribution in [1.82, 2.24) is 0 Å². The molecule has 0 saturated heterocycles. The molecule has 0 aliphatic carbocycles. The zero-order valence-corrected chi connectivity index (χ0v) is 19.8. The minimum Gasteiger partial charge on any atom is -0.784 e. The fraction of sp³-hybridized carbons (Fsp3) is 1.00. The third kappa shape index (κ3) is 16.2. The Hall–Kier alpha value is -0.0100. The van der Waals surface area contributed by atoms with Gasteiger partial charge in [-0.15, -0.1) is 11.4 Å². The van der Waals surface area contributed by atoms with Crippen LogP contribution in [-0.4, -0.2) is 74.6 Å². The van der Waals surface area contributed by atoms with E-state index in [-0.39, 0.29) is 0 Å². The highest BCUT2D eigenvalue weighted by atomic mass is 32.2. The van der Waals surface area contributed by atoms with Crippen LogP contribution in [0.2, 0.25) is 0 Å². The standard InChI is InChI=1S/2C10H24N.H2O3S/c2*1-5-9-10-11(6-2,7-3)8-4;1-4(2)3/h2*5-10H2,1-4H3;(H2,1,2,3)/q2*+1;/p-2. The molecule has 0 radical (unpaired) electrons. The molecule has 0 saturated carbocycles.